The molecule has 11 heavy (non-hydrogen) atoms. The van der Waals surface area contributed by atoms with Crippen LogP contribution in [0.1, 0.15) is 0 Å². The van der Waals surface area contributed by atoms with Crippen molar-refractivity contribution in [3.05, 3.63) is 0 Å². The number of hydrogen-bond donors (Lipinski definition) is 3. The molecule has 0 aliphatic rings. The molecule has 0 fully saturated rings. The molecule has 64 valence electrons. The molecule has 3 N–H and O–H groups in total. The van der Waals surface area contributed by atoms with Crippen LogP contribution in [0.4, 0.5) is 0 Å². The minimum Gasteiger partial charge on any atom is -0.756 e. The molecule has 0 heterocycles. The summed E-state index contributed by atoms with van der Waals surface area (Å²) in [5, 5.41) is 0. The predicted octanol–water partition coefficient (Wildman–Crippen LogP) is -4.33. The quantitative estimate of drug-likeness (QED) is 0.325. The fraction of sp³-hybridized carbons (Fsp3) is 0. The molecule has 7 nitrogen and oxygen atoms in total. The molecule has 0 spiro atoms. The molecule has 0 aliphatic carbocycles. The zero-order valence-corrected chi connectivity index (χ0v) is 10.2. The molecule has 0 bridgehead atoms. The molecule has 0 aromatic heterocycles. The summed E-state index contributed by atoms with van der Waals surface area (Å²) in [7, 11) is -10.4. The van der Waals surface area contributed by atoms with Crippen LogP contribution in [-0.2, 0) is 13.4 Å². The van der Waals surface area contributed by atoms with E-state index in [9.17, 15) is 14.0 Å². The van der Waals surface area contributed by atoms with Crippen molar-refractivity contribution in [1.82, 2.24) is 0 Å². The largest absolute Gasteiger partial charge is 1.00 e. The van der Waals surface area contributed by atoms with E-state index in [-0.39, 0.29) is 43.1 Å². The summed E-state index contributed by atoms with van der Waals surface area (Å²) >= 11 is 0. The first-order chi connectivity index (χ1) is 3.71. The van der Waals surface area contributed by atoms with E-state index in [2.05, 4.69) is 4.31 Å². The average Bonchev–Trinajstić information content (AvgIpc) is 1.14. The van der Waals surface area contributed by atoms with E-state index >= 15 is 0 Å². The molecule has 0 aromatic rings. The van der Waals surface area contributed by atoms with Gasteiger partial charge >= 0.3 is 37.4 Å². The minimum absolute atomic E-state index is 0. The molecule has 0 saturated heterocycles. The van der Waals surface area contributed by atoms with Crippen molar-refractivity contribution in [3.63, 3.8) is 0 Å². The van der Waals surface area contributed by atoms with Crippen molar-refractivity contribution in [1.29, 1.82) is 0 Å². The topological polar surface area (TPSA) is 127 Å². The molecular weight excluding hydrogens is 229 g/mol. The van der Waals surface area contributed by atoms with E-state index < -0.39 is 15.6 Å². The van der Waals surface area contributed by atoms with Gasteiger partial charge in [-0.3, -0.25) is 4.57 Å². The maximum absolute atomic E-state index is 9.59. The Labute approximate surface area is 91.4 Å². The summed E-state index contributed by atoms with van der Waals surface area (Å²) in [6.07, 6.45) is 0. The molecule has 11 heteroatoms. The van der Waals surface area contributed by atoms with Gasteiger partial charge in [0.25, 0.3) is 7.82 Å². The maximum atomic E-state index is 9.59. The Morgan fingerprint density at radius 1 is 1.18 bits per heavy atom. The van der Waals surface area contributed by atoms with Crippen molar-refractivity contribution in [3.8, 4) is 0 Å². The third kappa shape index (κ3) is 18.5. The van der Waals surface area contributed by atoms with E-state index in [1.807, 2.05) is 0 Å². The van der Waals surface area contributed by atoms with Crippen LogP contribution in [0.25, 0.3) is 0 Å². The molecule has 1 unspecified atom stereocenters. The molecule has 0 saturated carbocycles. The Bertz CT molecular complexity index is 157. The molecule has 1 atom stereocenters. The van der Waals surface area contributed by atoms with Gasteiger partial charge in [0.1, 0.15) is 0 Å². The second kappa shape index (κ2) is 6.12. The van der Waals surface area contributed by atoms with E-state index in [4.69, 9.17) is 14.7 Å². The second-order valence-electron chi connectivity index (χ2n) is 1.04. The third-order valence-electron chi connectivity index (χ3n) is 0.210. The van der Waals surface area contributed by atoms with Crippen LogP contribution in [0, 0.1) is 0 Å². The first-order valence-electron chi connectivity index (χ1n) is 1.51. The first kappa shape index (κ1) is 18.4. The van der Waals surface area contributed by atoms with Gasteiger partial charge in [-0.1, -0.05) is 0 Å². The second-order valence-corrected chi connectivity index (χ2v) is 3.61. The van der Waals surface area contributed by atoms with Crippen molar-refractivity contribution in [2.45, 2.75) is 0 Å². The van der Waals surface area contributed by atoms with Crippen molar-refractivity contribution < 1.29 is 62.6 Å². The zero-order chi connectivity index (χ0) is 7.71. The van der Waals surface area contributed by atoms with E-state index in [1.165, 1.54) is 0 Å². The summed E-state index contributed by atoms with van der Waals surface area (Å²) in [5.41, 5.74) is 0. The van der Waals surface area contributed by atoms with Crippen molar-refractivity contribution in [2.24, 2.45) is 0 Å². The Kier molecular flexibility index (Phi) is 10.2. The van der Waals surface area contributed by atoms with Crippen LogP contribution in [-0.4, -0.2) is 14.7 Å². The van der Waals surface area contributed by atoms with Crippen molar-refractivity contribution >= 4 is 29.1 Å². The minimum atomic E-state index is -5.30. The number of rotatable bonds is 2. The van der Waals surface area contributed by atoms with E-state index in [0.29, 0.717) is 0 Å². The van der Waals surface area contributed by atoms with Gasteiger partial charge in [0.2, 0.25) is 0 Å². The van der Waals surface area contributed by atoms with Gasteiger partial charge in [0.15, 0.2) is 0 Å². The monoisotopic (exact) mass is 234 g/mol. The molecule has 0 radical (unpaired) electrons. The molecule has 0 aliphatic heterocycles. The Morgan fingerprint density at radius 2 is 1.45 bits per heavy atom. The first-order valence-corrected chi connectivity index (χ1v) is 4.54. The van der Waals surface area contributed by atoms with Gasteiger partial charge in [0, 0.05) is 0 Å². The molecule has 0 amide bonds. The zero-order valence-electron chi connectivity index (χ0n) is 5.37. The van der Waals surface area contributed by atoms with Gasteiger partial charge < -0.3 is 19.6 Å². The smallest absolute Gasteiger partial charge is 0.756 e. The molecular formula is H5NaO7P2S. The Morgan fingerprint density at radius 3 is 1.45 bits per heavy atom. The van der Waals surface area contributed by atoms with Gasteiger partial charge in [-0.15, -0.1) is 0 Å². The van der Waals surface area contributed by atoms with Crippen LogP contribution in [0.3, 0.4) is 0 Å². The fourth-order valence-corrected chi connectivity index (χ4v) is 1.21. The fourth-order valence-electron chi connectivity index (χ4n) is 0.134. The van der Waals surface area contributed by atoms with Crippen LogP contribution >= 0.6 is 29.1 Å². The number of phosphoric acid groups is 2. The van der Waals surface area contributed by atoms with Crippen molar-refractivity contribution in [2.75, 3.05) is 0 Å². The van der Waals surface area contributed by atoms with Gasteiger partial charge in [0.05, 0.1) is 0 Å². The average molecular weight is 234 g/mol. The van der Waals surface area contributed by atoms with E-state index in [1.54, 1.807) is 0 Å². The molecule has 0 aromatic carbocycles. The SMILES string of the molecule is O=P([O-])(O)OP(=O)(O)O.S.[Na+]. The van der Waals surface area contributed by atoms with E-state index in [0.717, 1.165) is 0 Å². The molecule has 0 rings (SSSR count). The Balaban J connectivity index is -0.000000320. The predicted molar refractivity (Wildman–Crippen MR) is 33.3 cm³/mol. The Hall–Kier alpha value is 1.61. The number of hydrogen-bond acceptors (Lipinski definition) is 4. The summed E-state index contributed by atoms with van der Waals surface area (Å²) in [6, 6.07) is 0. The summed E-state index contributed by atoms with van der Waals surface area (Å²) in [4.78, 5) is 32.6. The van der Waals surface area contributed by atoms with Gasteiger partial charge in [-0.2, -0.15) is 13.5 Å². The third-order valence-corrected chi connectivity index (χ3v) is 1.89. The van der Waals surface area contributed by atoms with Crippen LogP contribution in [0.5, 0.6) is 0 Å². The summed E-state index contributed by atoms with van der Waals surface area (Å²) in [6.45, 7) is 0. The van der Waals surface area contributed by atoms with Gasteiger partial charge in [-0.25, -0.2) is 8.88 Å². The standard InChI is InChI=1S/Na.H4O7P2.H2S/c;1-8(2,3)7-9(4,5)6;/h;(H2,1,2,3)(H2,4,5,6);1H2/q+1;;/p-1. The van der Waals surface area contributed by atoms with Crippen LogP contribution in [0.2, 0.25) is 0 Å². The van der Waals surface area contributed by atoms with Crippen LogP contribution < -0.4 is 34.5 Å². The van der Waals surface area contributed by atoms with Crippen LogP contribution in [0.15, 0.2) is 0 Å². The summed E-state index contributed by atoms with van der Waals surface area (Å²) in [5.74, 6) is 0. The van der Waals surface area contributed by atoms with Gasteiger partial charge in [-0.05, 0) is 0 Å². The summed E-state index contributed by atoms with van der Waals surface area (Å²) < 4.78 is 21.9. The normalized spacial score (nSPS) is 15.6. The maximum Gasteiger partial charge on any atom is 1.00 e.